The van der Waals surface area contributed by atoms with Gasteiger partial charge in [0.05, 0.1) is 16.3 Å². The van der Waals surface area contributed by atoms with Gasteiger partial charge in [-0.2, -0.15) is 0 Å². The third-order valence-corrected chi connectivity index (χ3v) is 4.63. The smallest absolute Gasteiger partial charge is 0.285 e. The van der Waals surface area contributed by atoms with Gasteiger partial charge in [0.1, 0.15) is 0 Å². The average Bonchev–Trinajstić information content (AvgIpc) is 2.92. The molecule has 0 saturated heterocycles. The van der Waals surface area contributed by atoms with Crippen molar-refractivity contribution in [3.8, 4) is 5.69 Å². The van der Waals surface area contributed by atoms with E-state index in [1.165, 1.54) is 5.56 Å². The standard InChI is InChI=1S/C15H18N2OS/c1-15(2,3)10-4-6-11(7-5-10)17-14(18)13-12(16-17)8-9-19-13/h4-7,16H,8-9H2,1-3H3. The number of hydrogen-bond donors (Lipinski definition) is 1. The largest absolute Gasteiger partial charge is 0.294 e. The number of nitrogens with zero attached hydrogens (tertiary/aromatic N) is 1. The predicted octanol–water partition coefficient (Wildman–Crippen LogP) is 3.11. The van der Waals surface area contributed by atoms with Crippen LogP contribution in [0.2, 0.25) is 0 Å². The number of benzene rings is 1. The van der Waals surface area contributed by atoms with E-state index in [2.05, 4.69) is 38.0 Å². The lowest BCUT2D eigenvalue weighted by molar-refractivity contribution is 0.590. The van der Waals surface area contributed by atoms with Gasteiger partial charge in [-0.05, 0) is 29.5 Å². The highest BCUT2D eigenvalue weighted by Gasteiger charge is 2.21. The Balaban J connectivity index is 2.02. The lowest BCUT2D eigenvalue weighted by atomic mass is 9.87. The van der Waals surface area contributed by atoms with E-state index in [0.29, 0.717) is 0 Å². The molecule has 2 heterocycles. The summed E-state index contributed by atoms with van der Waals surface area (Å²) in [6.45, 7) is 6.57. The maximum atomic E-state index is 12.3. The zero-order valence-electron chi connectivity index (χ0n) is 11.5. The molecule has 1 aliphatic heterocycles. The molecule has 0 fully saturated rings. The van der Waals surface area contributed by atoms with E-state index in [0.717, 1.165) is 28.5 Å². The van der Waals surface area contributed by atoms with Gasteiger partial charge in [0.2, 0.25) is 0 Å². The molecule has 1 N–H and O–H groups in total. The van der Waals surface area contributed by atoms with Gasteiger partial charge in [0.15, 0.2) is 0 Å². The Morgan fingerprint density at radius 3 is 2.47 bits per heavy atom. The Bertz CT molecular complexity index is 659. The molecule has 2 aromatic rings. The van der Waals surface area contributed by atoms with Gasteiger partial charge < -0.3 is 0 Å². The van der Waals surface area contributed by atoms with Crippen molar-refractivity contribution in [2.45, 2.75) is 37.5 Å². The van der Waals surface area contributed by atoms with E-state index in [9.17, 15) is 4.79 Å². The minimum absolute atomic E-state index is 0.0843. The summed E-state index contributed by atoms with van der Waals surface area (Å²) in [5, 5.41) is 3.22. The second-order valence-electron chi connectivity index (χ2n) is 5.96. The molecule has 0 aliphatic carbocycles. The summed E-state index contributed by atoms with van der Waals surface area (Å²) in [5.41, 5.74) is 3.48. The van der Waals surface area contributed by atoms with E-state index in [-0.39, 0.29) is 11.0 Å². The van der Waals surface area contributed by atoms with Gasteiger partial charge in [-0.25, -0.2) is 4.68 Å². The topological polar surface area (TPSA) is 37.8 Å². The van der Waals surface area contributed by atoms with Crippen LogP contribution >= 0.6 is 11.8 Å². The van der Waals surface area contributed by atoms with E-state index in [4.69, 9.17) is 0 Å². The number of rotatable bonds is 1. The molecule has 3 nitrogen and oxygen atoms in total. The van der Waals surface area contributed by atoms with Crippen molar-refractivity contribution in [2.75, 3.05) is 5.75 Å². The molecule has 0 amide bonds. The number of aromatic nitrogens is 2. The molecule has 0 spiro atoms. The van der Waals surface area contributed by atoms with E-state index < -0.39 is 0 Å². The van der Waals surface area contributed by atoms with Gasteiger partial charge in [0.25, 0.3) is 5.56 Å². The van der Waals surface area contributed by atoms with Crippen molar-refractivity contribution in [1.29, 1.82) is 0 Å². The van der Waals surface area contributed by atoms with Crippen LogP contribution in [-0.2, 0) is 11.8 Å². The zero-order chi connectivity index (χ0) is 13.6. The predicted molar refractivity (Wildman–Crippen MR) is 79.5 cm³/mol. The molecule has 0 saturated carbocycles. The van der Waals surface area contributed by atoms with Crippen molar-refractivity contribution < 1.29 is 0 Å². The first-order valence-corrected chi connectivity index (χ1v) is 7.53. The molecule has 1 aliphatic rings. The molecule has 0 atom stereocenters. The fraction of sp³-hybridized carbons (Fsp3) is 0.400. The van der Waals surface area contributed by atoms with Gasteiger partial charge in [-0.1, -0.05) is 32.9 Å². The third kappa shape index (κ3) is 2.14. The highest BCUT2D eigenvalue weighted by Crippen LogP contribution is 2.28. The SMILES string of the molecule is CC(C)(C)c1ccc(-n2[nH]c3c(c2=O)SCC3)cc1. The molecule has 100 valence electrons. The Kier molecular flexibility index (Phi) is 2.86. The third-order valence-electron chi connectivity index (χ3n) is 3.51. The van der Waals surface area contributed by atoms with E-state index in [1.54, 1.807) is 16.4 Å². The first kappa shape index (κ1) is 12.6. The molecule has 3 rings (SSSR count). The van der Waals surface area contributed by atoms with Crippen molar-refractivity contribution in [2.24, 2.45) is 0 Å². The van der Waals surface area contributed by atoms with Crippen LogP contribution in [0.1, 0.15) is 32.0 Å². The maximum absolute atomic E-state index is 12.3. The Morgan fingerprint density at radius 1 is 1.21 bits per heavy atom. The number of thioether (sulfide) groups is 1. The molecule has 19 heavy (non-hydrogen) atoms. The summed E-state index contributed by atoms with van der Waals surface area (Å²) in [7, 11) is 0. The highest BCUT2D eigenvalue weighted by atomic mass is 32.2. The summed E-state index contributed by atoms with van der Waals surface area (Å²) in [5.74, 6) is 1.01. The molecule has 1 aromatic carbocycles. The Hall–Kier alpha value is -1.42. The van der Waals surface area contributed by atoms with Crippen LogP contribution in [0.4, 0.5) is 0 Å². The summed E-state index contributed by atoms with van der Waals surface area (Å²) in [4.78, 5) is 13.1. The van der Waals surface area contributed by atoms with Crippen molar-refractivity contribution in [3.63, 3.8) is 0 Å². The Morgan fingerprint density at radius 2 is 1.89 bits per heavy atom. The van der Waals surface area contributed by atoms with Gasteiger partial charge in [0, 0.05) is 5.75 Å². The minimum atomic E-state index is 0.0843. The van der Waals surface area contributed by atoms with Crippen LogP contribution in [0, 0.1) is 0 Å². The maximum Gasteiger partial charge on any atom is 0.285 e. The number of fused-ring (bicyclic) bond motifs is 1. The van der Waals surface area contributed by atoms with Crippen LogP contribution < -0.4 is 5.56 Å². The number of aryl methyl sites for hydroxylation is 1. The quantitative estimate of drug-likeness (QED) is 0.867. The number of aromatic amines is 1. The lowest BCUT2D eigenvalue weighted by Gasteiger charge is -2.19. The molecule has 4 heteroatoms. The van der Waals surface area contributed by atoms with Gasteiger partial charge in [-0.3, -0.25) is 9.89 Å². The van der Waals surface area contributed by atoms with Crippen molar-refractivity contribution in [3.05, 3.63) is 45.9 Å². The van der Waals surface area contributed by atoms with Gasteiger partial charge in [-0.15, -0.1) is 11.8 Å². The van der Waals surface area contributed by atoms with Crippen molar-refractivity contribution >= 4 is 11.8 Å². The van der Waals surface area contributed by atoms with E-state index in [1.807, 2.05) is 12.1 Å². The molecule has 0 unspecified atom stereocenters. The van der Waals surface area contributed by atoms with Crippen LogP contribution in [-0.4, -0.2) is 15.5 Å². The number of H-pyrrole nitrogens is 1. The van der Waals surface area contributed by atoms with Gasteiger partial charge >= 0.3 is 0 Å². The molecule has 0 radical (unpaired) electrons. The van der Waals surface area contributed by atoms with Crippen LogP contribution in [0.25, 0.3) is 5.69 Å². The second kappa shape index (κ2) is 4.30. The average molecular weight is 274 g/mol. The molecular formula is C15H18N2OS. The summed E-state index contributed by atoms with van der Waals surface area (Å²) >= 11 is 1.65. The second-order valence-corrected chi connectivity index (χ2v) is 7.06. The lowest BCUT2D eigenvalue weighted by Crippen LogP contribution is -2.16. The summed E-state index contributed by atoms with van der Waals surface area (Å²) < 4.78 is 1.66. The van der Waals surface area contributed by atoms with Crippen LogP contribution in [0.3, 0.4) is 0 Å². The highest BCUT2D eigenvalue weighted by molar-refractivity contribution is 7.99. The zero-order valence-corrected chi connectivity index (χ0v) is 12.3. The van der Waals surface area contributed by atoms with Crippen LogP contribution in [0.15, 0.2) is 34.0 Å². The Labute approximate surface area is 117 Å². The summed E-state index contributed by atoms with van der Waals surface area (Å²) in [6.07, 6.45) is 0.961. The van der Waals surface area contributed by atoms with Crippen molar-refractivity contribution in [1.82, 2.24) is 9.78 Å². The summed E-state index contributed by atoms with van der Waals surface area (Å²) in [6, 6.07) is 8.22. The fourth-order valence-electron chi connectivity index (χ4n) is 2.33. The minimum Gasteiger partial charge on any atom is -0.294 e. The monoisotopic (exact) mass is 274 g/mol. The first-order valence-electron chi connectivity index (χ1n) is 6.54. The van der Waals surface area contributed by atoms with Crippen LogP contribution in [0.5, 0.6) is 0 Å². The normalized spacial score (nSPS) is 14.7. The molecular weight excluding hydrogens is 256 g/mol. The first-order chi connectivity index (χ1) is 8.97. The van der Waals surface area contributed by atoms with E-state index >= 15 is 0 Å². The fourth-order valence-corrected chi connectivity index (χ4v) is 3.38. The molecule has 1 aromatic heterocycles. The molecule has 0 bridgehead atoms. The number of nitrogens with one attached hydrogen (secondary N) is 1. The number of hydrogen-bond acceptors (Lipinski definition) is 2.